The van der Waals surface area contributed by atoms with E-state index in [1.54, 1.807) is 72.7 Å². The highest BCUT2D eigenvalue weighted by Crippen LogP contribution is 2.39. The number of aliphatic hydroxyl groups is 6. The van der Waals surface area contributed by atoms with Gasteiger partial charge in [0.05, 0.1) is 110 Å². The highest BCUT2D eigenvalue weighted by atomic mass is 127. The van der Waals surface area contributed by atoms with E-state index in [2.05, 4.69) is 31.9 Å². The highest BCUT2D eigenvalue weighted by molar-refractivity contribution is 14.1. The van der Waals surface area contributed by atoms with Crippen LogP contribution in [0.5, 0.6) is 0 Å². The molecule has 3 aromatic rings. The molecular weight excluding hydrogens is 2270 g/mol. The van der Waals surface area contributed by atoms with Gasteiger partial charge in [-0.05, 0) is 203 Å². The Hall–Kier alpha value is -2.41. The molecule has 3 aromatic carbocycles. The molecule has 0 fully saturated rings. The van der Waals surface area contributed by atoms with Crippen molar-refractivity contribution in [3.8, 4) is 0 Å². The minimum atomic E-state index is -1.33. The summed E-state index contributed by atoms with van der Waals surface area (Å²) in [5.74, 6) is -9.08. The summed E-state index contributed by atoms with van der Waals surface area (Å²) >= 11 is 16.3. The Kier molecular flexibility index (Phi) is 37.8. The van der Waals surface area contributed by atoms with Gasteiger partial charge in [-0.25, -0.2) is 0 Å². The smallest absolute Gasteiger partial charge is 0.303 e. The topological polar surface area (TPSA) is 439 Å². The lowest BCUT2D eigenvalue weighted by molar-refractivity contribution is -0.145. The number of nitrogens with zero attached hydrogens (tertiary/aromatic N) is 4. The lowest BCUT2D eigenvalue weighted by Crippen LogP contribution is -2.43. The molecule has 0 aliphatic carbocycles. The molecule has 3 unspecified atom stereocenters. The molecular formula is C54H63I9N10O21. The first-order chi connectivity index (χ1) is 44.0. The second kappa shape index (κ2) is 41.4. The Morgan fingerprint density at radius 3 is 0.787 bits per heavy atom. The fourth-order valence-corrected chi connectivity index (χ4v) is 21.2. The van der Waals surface area contributed by atoms with Crippen LogP contribution >= 0.6 is 203 Å². The van der Waals surface area contributed by atoms with Crippen LogP contribution in [0.4, 0.5) is 17.1 Å². The van der Waals surface area contributed by atoms with Gasteiger partial charge in [0.25, 0.3) is 53.2 Å². The Morgan fingerprint density at radius 2 is 0.585 bits per heavy atom. The number of nitrogens with one attached hydrogen (secondary N) is 6. The van der Waals surface area contributed by atoms with Crippen LogP contribution in [0.25, 0.3) is 0 Å². The van der Waals surface area contributed by atoms with Gasteiger partial charge in [-0.2, -0.15) is 0 Å². The molecule has 0 heterocycles. The maximum absolute atomic E-state index is 14.6. The summed E-state index contributed by atoms with van der Waals surface area (Å²) in [4.78, 5) is 165. The first kappa shape index (κ1) is 85.8. The zero-order valence-corrected chi connectivity index (χ0v) is 69.8. The summed E-state index contributed by atoms with van der Waals surface area (Å²) in [6.45, 7) is -2.54. The van der Waals surface area contributed by atoms with Gasteiger partial charge < -0.3 is 91.5 Å². The summed E-state index contributed by atoms with van der Waals surface area (Å²) in [6, 6.07) is 0. The van der Waals surface area contributed by atoms with Gasteiger partial charge in [0.2, 0.25) is 0 Å². The van der Waals surface area contributed by atoms with E-state index in [1.165, 1.54) is 21.1 Å². The molecule has 3 rings (SSSR count). The van der Waals surface area contributed by atoms with E-state index in [9.17, 15) is 88.2 Å². The molecule has 0 aliphatic rings. The summed E-state index contributed by atoms with van der Waals surface area (Å²) < 4.78 is 16.0. The van der Waals surface area contributed by atoms with Gasteiger partial charge in [-0.15, -0.1) is 0 Å². The standard InChI is InChI=1S/C54H63I9N10O21/c1-22(77)92-19-28(83)67-46-40(58)31(37(55)34(43(46)61)52(89)70(4)13-25(80)16-74)49(86)64-7-10-73(11-8-65-50(87)32-38(56)35(53(90)71(5)14-26(81)17-75)44(62)47(41(32)59)68-29(84)20-93-23(2)78)12-9-66-51(88)33-39(57)36(54(91)72(6)15-27(82)18-76)45(63)48(42(33)60)69-30(85)21-94-24(3)79/h25-27,74-76,80-82H,7-21H2,1-6H3,(H,64,86)(H,65,87)(H,66,88)(H,67,83)(H,68,84)(H,69,85). The van der Waals surface area contributed by atoms with Gasteiger partial charge in [-0.3, -0.25) is 62.4 Å². The Morgan fingerprint density at radius 1 is 0.372 bits per heavy atom. The van der Waals surface area contributed by atoms with Crippen LogP contribution in [-0.2, 0) is 43.0 Å². The first-order valence-electron chi connectivity index (χ1n) is 27.1. The summed E-state index contributed by atoms with van der Waals surface area (Å²) in [6.07, 6.45) is -4.00. The number of carbonyl (C=O) groups excluding carboxylic acids is 12. The number of benzene rings is 3. The van der Waals surface area contributed by atoms with E-state index >= 15 is 0 Å². The minimum Gasteiger partial charge on any atom is -0.456 e. The van der Waals surface area contributed by atoms with E-state index in [0.29, 0.717) is 0 Å². The van der Waals surface area contributed by atoms with Crippen LogP contribution in [0.2, 0.25) is 0 Å². The van der Waals surface area contributed by atoms with E-state index in [0.717, 1.165) is 35.5 Å². The van der Waals surface area contributed by atoms with Crippen molar-refractivity contribution in [2.45, 2.75) is 39.1 Å². The maximum atomic E-state index is 14.6. The number of esters is 3. The van der Waals surface area contributed by atoms with Crippen molar-refractivity contribution in [2.24, 2.45) is 0 Å². The van der Waals surface area contributed by atoms with Gasteiger partial charge in [0.1, 0.15) is 0 Å². The van der Waals surface area contributed by atoms with Gasteiger partial charge >= 0.3 is 17.9 Å². The number of anilines is 3. The highest BCUT2D eigenvalue weighted by Gasteiger charge is 2.35. The monoisotopic (exact) mass is 2330 g/mol. The van der Waals surface area contributed by atoms with Crippen molar-refractivity contribution in [1.29, 1.82) is 0 Å². The maximum Gasteiger partial charge on any atom is 0.303 e. The number of amides is 9. The molecule has 0 bridgehead atoms. The Labute approximate surface area is 660 Å². The normalized spacial score (nSPS) is 11.9. The second-order valence-corrected chi connectivity index (χ2v) is 29.6. The lowest BCUT2D eigenvalue weighted by Gasteiger charge is -2.26. The van der Waals surface area contributed by atoms with E-state index in [-0.39, 0.29) is 141 Å². The minimum absolute atomic E-state index is 0.00684. The van der Waals surface area contributed by atoms with Crippen molar-refractivity contribution in [1.82, 2.24) is 35.6 Å². The van der Waals surface area contributed by atoms with Crippen LogP contribution < -0.4 is 31.9 Å². The summed E-state index contributed by atoms with van der Waals surface area (Å²) in [5.41, 5.74) is -0.408. The molecule has 0 aromatic heterocycles. The lowest BCUT2D eigenvalue weighted by atomic mass is 10.1. The van der Waals surface area contributed by atoms with Crippen LogP contribution in [0.3, 0.4) is 0 Å². The quantitative estimate of drug-likeness (QED) is 0.0235. The molecule has 0 aliphatic heterocycles. The number of halogens is 9. The number of hydrogen-bond donors (Lipinski definition) is 12. The van der Waals surface area contributed by atoms with Gasteiger partial charge in [0, 0.05) is 112 Å². The van der Waals surface area contributed by atoms with E-state index in [4.69, 9.17) is 14.2 Å². The SMILES string of the molecule is CC(=O)OCC(=O)Nc1c(I)c(C(=O)NCCN(CCNC(=O)c2c(I)c(NC(=O)COC(C)=O)c(I)c(C(=O)N(C)CC(O)CO)c2I)CCNC(=O)c2c(I)c(NC(=O)COC(C)=O)c(I)c(C(=O)N(C)CC(O)CO)c2I)c(I)c(C(=O)N(C)CC(O)CO)c1I. The zero-order chi connectivity index (χ0) is 71.3. The number of likely N-dealkylation sites (N-methyl/N-ethyl adjacent to an activating group) is 3. The molecule has 31 nitrogen and oxygen atoms in total. The van der Waals surface area contributed by atoms with Crippen molar-refractivity contribution >= 4 is 291 Å². The van der Waals surface area contributed by atoms with E-state index in [1.807, 2.05) is 136 Å². The average Bonchev–Trinajstić information content (AvgIpc) is 0.783. The zero-order valence-electron chi connectivity index (χ0n) is 50.3. The van der Waals surface area contributed by atoms with Crippen LogP contribution in [-0.4, -0.2) is 259 Å². The molecule has 3 atom stereocenters. The second-order valence-electron chi connectivity index (χ2n) is 19.9. The molecule has 9 amide bonds. The van der Waals surface area contributed by atoms with E-state index < -0.39 is 129 Å². The van der Waals surface area contributed by atoms with Gasteiger partial charge in [0.15, 0.2) is 19.8 Å². The Balaban J connectivity index is 2.21. The van der Waals surface area contributed by atoms with Crippen molar-refractivity contribution in [3.05, 3.63) is 65.5 Å². The first-order valence-corrected chi connectivity index (χ1v) is 36.8. The molecule has 0 spiro atoms. The molecule has 94 heavy (non-hydrogen) atoms. The fourth-order valence-electron chi connectivity index (χ4n) is 8.04. The average molecular weight is 2330 g/mol. The fraction of sp³-hybridized carbons (Fsp3) is 0.444. The van der Waals surface area contributed by atoms with Crippen LogP contribution in [0.1, 0.15) is 82.9 Å². The molecule has 0 saturated heterocycles. The van der Waals surface area contributed by atoms with Crippen molar-refractivity contribution in [2.75, 3.05) is 136 Å². The Bertz CT molecular complexity index is 3080. The third kappa shape index (κ3) is 24.7. The largest absolute Gasteiger partial charge is 0.456 e. The number of ether oxygens (including phenoxy) is 3. The predicted octanol–water partition coefficient (Wildman–Crippen LogP) is 1.80. The number of hydrogen-bond acceptors (Lipinski definition) is 22. The van der Waals surface area contributed by atoms with Crippen LogP contribution in [0.15, 0.2) is 0 Å². The summed E-state index contributed by atoms with van der Waals surface area (Å²) in [5, 5.41) is 75.6. The van der Waals surface area contributed by atoms with Gasteiger partial charge in [-0.1, -0.05) is 0 Å². The number of aliphatic hydroxyl groups excluding tert-OH is 6. The molecule has 12 N–H and O–H groups in total. The predicted molar refractivity (Wildman–Crippen MR) is 413 cm³/mol. The number of rotatable bonds is 33. The number of carbonyl (C=O) groups is 12. The van der Waals surface area contributed by atoms with Crippen LogP contribution in [0, 0.1) is 32.1 Å². The summed E-state index contributed by atoms with van der Waals surface area (Å²) in [7, 11) is 4.06. The molecule has 0 radical (unpaired) electrons. The van der Waals surface area contributed by atoms with Crippen molar-refractivity contribution in [3.63, 3.8) is 0 Å². The molecule has 40 heteroatoms. The van der Waals surface area contributed by atoms with Crippen molar-refractivity contribution < 1.29 is 102 Å². The molecule has 0 saturated carbocycles. The molecule has 518 valence electrons. The third-order valence-corrected chi connectivity index (χ3v) is 22.3. The third-order valence-electron chi connectivity index (χ3n) is 12.6.